The predicted molar refractivity (Wildman–Crippen MR) is 166 cm³/mol. The molecular formula is C32H33N3O8S. The van der Waals surface area contributed by atoms with Gasteiger partial charge in [0.1, 0.15) is 25.3 Å². The monoisotopic (exact) mass is 619 g/mol. The number of nitrogens with zero attached hydrogens (tertiary/aromatic N) is 1. The number of hydrogen-bond acceptors (Lipinski definition) is 9. The van der Waals surface area contributed by atoms with E-state index in [9.17, 15) is 18.0 Å². The van der Waals surface area contributed by atoms with Crippen LogP contribution < -0.4 is 24.2 Å². The molecule has 44 heavy (non-hydrogen) atoms. The van der Waals surface area contributed by atoms with Gasteiger partial charge in [0.15, 0.2) is 23.0 Å². The first-order valence-electron chi connectivity index (χ1n) is 13.6. The van der Waals surface area contributed by atoms with Gasteiger partial charge in [-0.2, -0.15) is 0 Å². The maximum absolute atomic E-state index is 13.5. The lowest BCUT2D eigenvalue weighted by Crippen LogP contribution is -2.18. The standard InChI is InChI=1S/C32H33N3O8S/c1-32(2,3)23-12-14-24(15-13-23)44(38,39)35-25-19-22(21-36)20-28(30(25)43-27-10-6-5-9-26(27)40-4)41-17-18-42-31(37)34-29-11-7-8-16-33-29/h5-16,19-21,35H,17-18H2,1-4H3,(H,33,34,37). The van der Waals surface area contributed by atoms with Gasteiger partial charge in [0.25, 0.3) is 10.0 Å². The van der Waals surface area contributed by atoms with Gasteiger partial charge in [0, 0.05) is 11.8 Å². The number of carbonyl (C=O) groups is 2. The van der Waals surface area contributed by atoms with E-state index in [4.69, 9.17) is 18.9 Å². The van der Waals surface area contributed by atoms with Crippen molar-refractivity contribution in [1.82, 2.24) is 4.98 Å². The summed E-state index contributed by atoms with van der Waals surface area (Å²) >= 11 is 0. The number of nitrogens with one attached hydrogen (secondary N) is 2. The largest absolute Gasteiger partial charge is 0.493 e. The molecule has 3 aromatic carbocycles. The summed E-state index contributed by atoms with van der Waals surface area (Å²) in [5, 5.41) is 2.49. The zero-order valence-electron chi connectivity index (χ0n) is 24.7. The van der Waals surface area contributed by atoms with Crippen LogP contribution in [0.3, 0.4) is 0 Å². The number of amides is 1. The van der Waals surface area contributed by atoms with Crippen molar-refractivity contribution < 1.29 is 37.0 Å². The average molecular weight is 620 g/mol. The molecule has 0 aliphatic carbocycles. The minimum Gasteiger partial charge on any atom is -0.493 e. The molecule has 2 N–H and O–H groups in total. The van der Waals surface area contributed by atoms with Gasteiger partial charge in [-0.3, -0.25) is 14.8 Å². The molecule has 0 spiro atoms. The fourth-order valence-corrected chi connectivity index (χ4v) is 5.05. The van der Waals surface area contributed by atoms with Crippen LogP contribution in [0.2, 0.25) is 0 Å². The lowest BCUT2D eigenvalue weighted by molar-refractivity contribution is 0.112. The van der Waals surface area contributed by atoms with Gasteiger partial charge < -0.3 is 18.9 Å². The number of aldehydes is 1. The predicted octanol–water partition coefficient (Wildman–Crippen LogP) is 6.42. The topological polar surface area (TPSA) is 142 Å². The Morgan fingerprint density at radius 2 is 1.61 bits per heavy atom. The van der Waals surface area contributed by atoms with Crippen LogP contribution in [-0.2, 0) is 20.2 Å². The third-order valence-electron chi connectivity index (χ3n) is 6.24. The van der Waals surface area contributed by atoms with Crippen LogP contribution in [0.5, 0.6) is 23.0 Å². The quantitative estimate of drug-likeness (QED) is 0.136. The van der Waals surface area contributed by atoms with E-state index >= 15 is 0 Å². The number of rotatable bonds is 12. The molecule has 4 rings (SSSR count). The van der Waals surface area contributed by atoms with E-state index in [1.54, 1.807) is 54.6 Å². The molecule has 0 aliphatic rings. The second-order valence-corrected chi connectivity index (χ2v) is 12.2. The van der Waals surface area contributed by atoms with Crippen molar-refractivity contribution in [1.29, 1.82) is 0 Å². The van der Waals surface area contributed by atoms with Crippen molar-refractivity contribution >= 4 is 33.9 Å². The summed E-state index contributed by atoms with van der Waals surface area (Å²) in [5.74, 6) is 0.941. The smallest absolute Gasteiger partial charge is 0.412 e. The summed E-state index contributed by atoms with van der Waals surface area (Å²) in [5.41, 5.74) is 0.858. The molecule has 4 aromatic rings. The summed E-state index contributed by atoms with van der Waals surface area (Å²) < 4.78 is 52.1. The number of methoxy groups -OCH3 is 1. The molecule has 0 saturated carbocycles. The van der Waals surface area contributed by atoms with Crippen molar-refractivity contribution in [2.45, 2.75) is 31.1 Å². The van der Waals surface area contributed by atoms with Crippen LogP contribution in [0.15, 0.2) is 90.0 Å². The molecule has 1 aromatic heterocycles. The maximum atomic E-state index is 13.5. The highest BCUT2D eigenvalue weighted by Gasteiger charge is 2.23. The highest BCUT2D eigenvalue weighted by atomic mass is 32.2. The number of sulfonamides is 1. The summed E-state index contributed by atoms with van der Waals surface area (Å²) in [6.45, 7) is 5.75. The first-order valence-corrected chi connectivity index (χ1v) is 15.0. The number of benzene rings is 3. The van der Waals surface area contributed by atoms with Gasteiger partial charge in [-0.15, -0.1) is 0 Å². The molecule has 0 fully saturated rings. The first-order chi connectivity index (χ1) is 21.0. The molecule has 0 bridgehead atoms. The van der Waals surface area contributed by atoms with Crippen LogP contribution in [0.1, 0.15) is 36.7 Å². The molecule has 0 aliphatic heterocycles. The first kappa shape index (κ1) is 31.8. The minimum absolute atomic E-state index is 0.0139. The third kappa shape index (κ3) is 8.26. The summed E-state index contributed by atoms with van der Waals surface area (Å²) in [6.07, 6.45) is 1.33. The van der Waals surface area contributed by atoms with Crippen molar-refractivity contribution in [3.63, 3.8) is 0 Å². The number of aromatic nitrogens is 1. The van der Waals surface area contributed by atoms with Crippen LogP contribution in [0.25, 0.3) is 0 Å². The molecule has 0 saturated heterocycles. The van der Waals surface area contributed by atoms with E-state index < -0.39 is 16.1 Å². The molecule has 0 unspecified atom stereocenters. The Labute approximate surface area is 256 Å². The van der Waals surface area contributed by atoms with Gasteiger partial charge in [0.05, 0.1) is 17.7 Å². The van der Waals surface area contributed by atoms with Gasteiger partial charge in [-0.05, 0) is 59.5 Å². The Hall–Kier alpha value is -5.10. The van der Waals surface area contributed by atoms with Crippen LogP contribution in [0, 0.1) is 0 Å². The van der Waals surface area contributed by atoms with Crippen LogP contribution >= 0.6 is 0 Å². The second kappa shape index (κ2) is 13.9. The van der Waals surface area contributed by atoms with Gasteiger partial charge in [-0.1, -0.05) is 51.1 Å². The van der Waals surface area contributed by atoms with E-state index in [2.05, 4.69) is 15.0 Å². The minimum atomic E-state index is -4.13. The fraction of sp³-hybridized carbons (Fsp3) is 0.219. The number of anilines is 2. The van der Waals surface area contributed by atoms with E-state index in [0.29, 0.717) is 17.9 Å². The zero-order chi connectivity index (χ0) is 31.7. The number of carbonyl (C=O) groups excluding carboxylic acids is 2. The number of para-hydroxylation sites is 2. The third-order valence-corrected chi connectivity index (χ3v) is 7.62. The van der Waals surface area contributed by atoms with Crippen molar-refractivity contribution in [3.8, 4) is 23.0 Å². The summed E-state index contributed by atoms with van der Waals surface area (Å²) in [7, 11) is -2.66. The zero-order valence-corrected chi connectivity index (χ0v) is 25.5. The Morgan fingerprint density at radius 3 is 2.25 bits per heavy atom. The Bertz CT molecular complexity index is 1700. The molecule has 1 amide bonds. The van der Waals surface area contributed by atoms with Crippen LogP contribution in [-0.4, -0.2) is 46.1 Å². The number of pyridine rings is 1. The maximum Gasteiger partial charge on any atom is 0.412 e. The normalized spacial score (nSPS) is 11.3. The van der Waals surface area contributed by atoms with Crippen LogP contribution in [0.4, 0.5) is 16.3 Å². The highest BCUT2D eigenvalue weighted by Crippen LogP contribution is 2.43. The molecule has 230 valence electrons. The van der Waals surface area contributed by atoms with E-state index in [-0.39, 0.29) is 52.0 Å². The van der Waals surface area contributed by atoms with Gasteiger partial charge in [0.2, 0.25) is 0 Å². The second-order valence-electron chi connectivity index (χ2n) is 10.5. The van der Waals surface area contributed by atoms with E-state index in [1.807, 2.05) is 20.8 Å². The highest BCUT2D eigenvalue weighted by molar-refractivity contribution is 7.92. The van der Waals surface area contributed by atoms with E-state index in [1.165, 1.54) is 37.6 Å². The summed E-state index contributed by atoms with van der Waals surface area (Å²) in [6, 6.07) is 21.0. The lowest BCUT2D eigenvalue weighted by atomic mass is 9.87. The van der Waals surface area contributed by atoms with E-state index in [0.717, 1.165) is 5.56 Å². The van der Waals surface area contributed by atoms with Crippen molar-refractivity contribution in [2.24, 2.45) is 0 Å². The molecule has 12 heteroatoms. The van der Waals surface area contributed by atoms with Gasteiger partial charge in [-0.25, -0.2) is 18.2 Å². The summed E-state index contributed by atoms with van der Waals surface area (Å²) in [4.78, 5) is 28.0. The molecule has 0 radical (unpaired) electrons. The molecule has 1 heterocycles. The van der Waals surface area contributed by atoms with Gasteiger partial charge >= 0.3 is 6.09 Å². The lowest BCUT2D eigenvalue weighted by Gasteiger charge is -2.20. The Balaban J connectivity index is 1.62. The average Bonchev–Trinajstić information content (AvgIpc) is 3.00. The van der Waals surface area contributed by atoms with Crippen molar-refractivity contribution in [3.05, 3.63) is 96.2 Å². The number of hydrogen-bond donors (Lipinski definition) is 2. The fourth-order valence-electron chi connectivity index (χ4n) is 3.99. The molecule has 11 nitrogen and oxygen atoms in total. The SMILES string of the molecule is COc1ccccc1Oc1c(NS(=O)(=O)c2ccc(C(C)(C)C)cc2)cc(C=O)cc1OCCOC(=O)Nc1ccccn1. The Morgan fingerprint density at radius 1 is 0.909 bits per heavy atom. The molecular weight excluding hydrogens is 586 g/mol. The molecule has 0 atom stereocenters. The number of ether oxygens (including phenoxy) is 4. The van der Waals surface area contributed by atoms with Crippen molar-refractivity contribution in [2.75, 3.05) is 30.4 Å². The Kier molecular flexibility index (Phi) is 10.1.